The average Bonchev–Trinajstić information content (AvgIpc) is 3.27. The molecule has 1 saturated carbocycles. The molecule has 9 heteroatoms. The largest absolute Gasteiger partial charge is 0.411 e. The molecule has 1 aliphatic carbocycles. The topological polar surface area (TPSA) is 54.9 Å². The third kappa shape index (κ3) is 15.0. The molecule has 0 spiro atoms. The number of hydrogen-bond acceptors (Lipinski definition) is 3. The molecule has 0 unspecified atom stereocenters. The number of nitrogens with one attached hydrogen (secondary N) is 2. The summed E-state index contributed by atoms with van der Waals surface area (Å²) in [6, 6.07) is 0. The van der Waals surface area contributed by atoms with E-state index in [1.54, 1.807) is 7.05 Å². The van der Waals surface area contributed by atoms with E-state index >= 15 is 0 Å². The minimum absolute atomic E-state index is 0. The van der Waals surface area contributed by atoms with Gasteiger partial charge in [-0.3, -0.25) is 4.99 Å². The Kier molecular flexibility index (Phi) is 12.9. The Hall–Kier alpha value is -0.290. The summed E-state index contributed by atoms with van der Waals surface area (Å²) >= 11 is 0. The first-order valence-corrected chi connectivity index (χ1v) is 7.68. The summed E-state index contributed by atoms with van der Waals surface area (Å²) in [4.78, 5) is 4.03. The van der Waals surface area contributed by atoms with Crippen LogP contribution in [0.1, 0.15) is 25.7 Å². The maximum absolute atomic E-state index is 11.8. The molecule has 0 heterocycles. The first-order valence-electron chi connectivity index (χ1n) is 7.68. The highest BCUT2D eigenvalue weighted by Crippen LogP contribution is 2.28. The minimum Gasteiger partial charge on any atom is -0.381 e. The van der Waals surface area contributed by atoms with Crippen molar-refractivity contribution in [2.24, 2.45) is 10.9 Å². The summed E-state index contributed by atoms with van der Waals surface area (Å²) in [5, 5.41) is 6.15. The zero-order chi connectivity index (χ0) is 16.3. The standard InChI is InChI=1S/C14H26F3N3O2.HI/c1-18-13(19-6-2-8-21-10-12-4-5-12)20-7-3-9-22-11-14(15,16)17;/h12H,2-11H2,1H3,(H2,18,19,20);1H. The highest BCUT2D eigenvalue weighted by atomic mass is 127. The maximum Gasteiger partial charge on any atom is 0.411 e. The van der Waals surface area contributed by atoms with Gasteiger partial charge in [-0.25, -0.2) is 0 Å². The number of nitrogens with zero attached hydrogens (tertiary/aromatic N) is 1. The van der Waals surface area contributed by atoms with Crippen LogP contribution in [0.3, 0.4) is 0 Å². The molecule has 0 aliphatic heterocycles. The summed E-state index contributed by atoms with van der Waals surface area (Å²) in [5.41, 5.74) is 0. The van der Waals surface area contributed by atoms with Gasteiger partial charge in [-0.05, 0) is 31.6 Å². The normalized spacial score (nSPS) is 15.2. The second-order valence-electron chi connectivity index (χ2n) is 5.32. The van der Waals surface area contributed by atoms with Crippen molar-refractivity contribution in [1.82, 2.24) is 10.6 Å². The Morgan fingerprint density at radius 3 is 2.13 bits per heavy atom. The van der Waals surface area contributed by atoms with Crippen molar-refractivity contribution in [3.05, 3.63) is 0 Å². The van der Waals surface area contributed by atoms with Gasteiger partial charge in [0, 0.05) is 40.0 Å². The first-order chi connectivity index (χ1) is 10.5. The van der Waals surface area contributed by atoms with Crippen LogP contribution in [0, 0.1) is 5.92 Å². The van der Waals surface area contributed by atoms with Gasteiger partial charge < -0.3 is 20.1 Å². The van der Waals surface area contributed by atoms with E-state index in [0.29, 0.717) is 18.9 Å². The molecule has 23 heavy (non-hydrogen) atoms. The predicted octanol–water partition coefficient (Wildman–Crippen LogP) is 2.56. The summed E-state index contributed by atoms with van der Waals surface area (Å²) < 4.78 is 45.6. The van der Waals surface area contributed by atoms with E-state index in [9.17, 15) is 13.2 Å². The summed E-state index contributed by atoms with van der Waals surface area (Å²) in [6.45, 7) is 1.72. The summed E-state index contributed by atoms with van der Waals surface area (Å²) in [6.07, 6.45) is -0.293. The second kappa shape index (κ2) is 13.1. The average molecular weight is 453 g/mol. The highest BCUT2D eigenvalue weighted by Gasteiger charge is 2.27. The molecule has 0 saturated heterocycles. The van der Waals surface area contributed by atoms with Crippen LogP contribution in [0.5, 0.6) is 0 Å². The van der Waals surface area contributed by atoms with Crippen LogP contribution >= 0.6 is 24.0 Å². The Morgan fingerprint density at radius 1 is 1.09 bits per heavy atom. The van der Waals surface area contributed by atoms with Gasteiger partial charge in [0.15, 0.2) is 5.96 Å². The van der Waals surface area contributed by atoms with Crippen LogP contribution < -0.4 is 10.6 Å². The number of alkyl halides is 3. The van der Waals surface area contributed by atoms with Gasteiger partial charge in [-0.15, -0.1) is 24.0 Å². The van der Waals surface area contributed by atoms with E-state index in [4.69, 9.17) is 4.74 Å². The lowest BCUT2D eigenvalue weighted by atomic mass is 10.4. The van der Waals surface area contributed by atoms with Gasteiger partial charge >= 0.3 is 6.18 Å². The van der Waals surface area contributed by atoms with Gasteiger partial charge in [-0.2, -0.15) is 13.2 Å². The molecule has 0 aromatic rings. The zero-order valence-electron chi connectivity index (χ0n) is 13.5. The molecule has 0 atom stereocenters. The Morgan fingerprint density at radius 2 is 1.65 bits per heavy atom. The molecule has 0 amide bonds. The smallest absolute Gasteiger partial charge is 0.381 e. The van der Waals surface area contributed by atoms with Crippen molar-refractivity contribution in [2.45, 2.75) is 31.9 Å². The van der Waals surface area contributed by atoms with Crippen LogP contribution in [0.2, 0.25) is 0 Å². The van der Waals surface area contributed by atoms with Crippen molar-refractivity contribution < 1.29 is 22.6 Å². The third-order valence-electron chi connectivity index (χ3n) is 3.06. The fourth-order valence-corrected chi connectivity index (χ4v) is 1.71. The van der Waals surface area contributed by atoms with Gasteiger partial charge in [0.25, 0.3) is 0 Å². The zero-order valence-corrected chi connectivity index (χ0v) is 15.8. The molecule has 0 aromatic heterocycles. The molecule has 0 aromatic carbocycles. The van der Waals surface area contributed by atoms with Crippen LogP contribution in [0.25, 0.3) is 0 Å². The Bertz CT molecular complexity index is 327. The number of hydrogen-bond donors (Lipinski definition) is 2. The van der Waals surface area contributed by atoms with E-state index in [1.807, 2.05) is 0 Å². The number of guanidine groups is 1. The van der Waals surface area contributed by atoms with E-state index in [0.717, 1.165) is 32.1 Å². The van der Waals surface area contributed by atoms with Crippen molar-refractivity contribution in [3.63, 3.8) is 0 Å². The summed E-state index contributed by atoms with van der Waals surface area (Å²) in [5.74, 6) is 1.42. The SMILES string of the molecule is CN=C(NCCCOCC1CC1)NCCCOCC(F)(F)F.I. The fraction of sp³-hybridized carbons (Fsp3) is 0.929. The van der Waals surface area contributed by atoms with E-state index in [1.165, 1.54) is 12.8 Å². The van der Waals surface area contributed by atoms with Crippen molar-refractivity contribution in [2.75, 3.05) is 46.6 Å². The molecule has 5 nitrogen and oxygen atoms in total. The molecule has 138 valence electrons. The number of aliphatic imine (C=N–C) groups is 1. The molecule has 0 bridgehead atoms. The van der Waals surface area contributed by atoms with E-state index in [-0.39, 0.29) is 30.6 Å². The van der Waals surface area contributed by atoms with Gasteiger partial charge in [-0.1, -0.05) is 0 Å². The molecule has 1 aliphatic rings. The van der Waals surface area contributed by atoms with Crippen LogP contribution in [-0.4, -0.2) is 58.7 Å². The number of ether oxygens (including phenoxy) is 2. The van der Waals surface area contributed by atoms with Crippen LogP contribution in [0.4, 0.5) is 13.2 Å². The number of halogens is 4. The molecular weight excluding hydrogens is 426 g/mol. The maximum atomic E-state index is 11.8. The van der Waals surface area contributed by atoms with E-state index < -0.39 is 12.8 Å². The monoisotopic (exact) mass is 453 g/mol. The Balaban J connectivity index is 0.00000484. The quantitative estimate of drug-likeness (QED) is 0.219. The predicted molar refractivity (Wildman–Crippen MR) is 94.4 cm³/mol. The number of rotatable bonds is 11. The van der Waals surface area contributed by atoms with Crippen molar-refractivity contribution >= 4 is 29.9 Å². The highest BCUT2D eigenvalue weighted by molar-refractivity contribution is 14.0. The fourth-order valence-electron chi connectivity index (χ4n) is 1.71. The van der Waals surface area contributed by atoms with Gasteiger partial charge in [0.2, 0.25) is 0 Å². The first kappa shape index (κ1) is 22.7. The lowest BCUT2D eigenvalue weighted by Gasteiger charge is -2.12. The molecule has 2 N–H and O–H groups in total. The van der Waals surface area contributed by atoms with Gasteiger partial charge in [0.05, 0.1) is 0 Å². The molecule has 0 radical (unpaired) electrons. The lowest BCUT2D eigenvalue weighted by Crippen LogP contribution is -2.38. The Labute approximate surface area is 152 Å². The van der Waals surface area contributed by atoms with Crippen molar-refractivity contribution in [3.8, 4) is 0 Å². The molecule has 1 fully saturated rings. The van der Waals surface area contributed by atoms with Crippen LogP contribution in [-0.2, 0) is 9.47 Å². The second-order valence-corrected chi connectivity index (χ2v) is 5.32. The lowest BCUT2D eigenvalue weighted by molar-refractivity contribution is -0.173. The molecular formula is C14H27F3IN3O2. The van der Waals surface area contributed by atoms with Gasteiger partial charge in [0.1, 0.15) is 6.61 Å². The van der Waals surface area contributed by atoms with Crippen molar-refractivity contribution in [1.29, 1.82) is 0 Å². The molecule has 1 rings (SSSR count). The van der Waals surface area contributed by atoms with E-state index in [2.05, 4.69) is 20.4 Å². The third-order valence-corrected chi connectivity index (χ3v) is 3.06. The van der Waals surface area contributed by atoms with Crippen LogP contribution in [0.15, 0.2) is 4.99 Å². The summed E-state index contributed by atoms with van der Waals surface area (Å²) in [7, 11) is 1.65. The minimum atomic E-state index is -4.26.